The minimum atomic E-state index is -0.0115. The number of hydrogen-bond donors (Lipinski definition) is 0. The maximum atomic E-state index is 13.0. The van der Waals surface area contributed by atoms with Crippen molar-refractivity contribution < 1.29 is 0 Å². The van der Waals surface area contributed by atoms with Crippen LogP contribution in [-0.2, 0) is 18.1 Å². The second-order valence-electron chi connectivity index (χ2n) is 6.47. The van der Waals surface area contributed by atoms with Gasteiger partial charge < -0.3 is 0 Å². The van der Waals surface area contributed by atoms with Crippen molar-refractivity contribution in [2.24, 2.45) is 0 Å². The number of pyridine rings is 1. The van der Waals surface area contributed by atoms with Crippen LogP contribution in [0.15, 0.2) is 59.4 Å². The Labute approximate surface area is 164 Å². The first-order valence-electron chi connectivity index (χ1n) is 8.60. The molecule has 0 atom stereocenters. The summed E-state index contributed by atoms with van der Waals surface area (Å²) in [5, 5.41) is 9.20. The number of rotatable bonds is 3. The van der Waals surface area contributed by atoms with E-state index in [4.69, 9.17) is 11.6 Å². The van der Waals surface area contributed by atoms with E-state index in [1.807, 2.05) is 54.6 Å². The molecule has 3 heterocycles. The highest BCUT2D eigenvalue weighted by Gasteiger charge is 2.26. The van der Waals surface area contributed by atoms with Gasteiger partial charge in [0.05, 0.1) is 6.54 Å². The van der Waals surface area contributed by atoms with Gasteiger partial charge in [-0.3, -0.25) is 9.36 Å². The standard InChI is InChI=1S/C20H15ClN4OS/c21-14-7-4-8-15(9-14)25-17-12-27-11-16(17)19(26)18-20(25)24(23-22-18)10-13-5-2-1-3-6-13/h1-9H,10-12H2. The van der Waals surface area contributed by atoms with Gasteiger partial charge in [0.15, 0.2) is 11.2 Å². The molecular weight excluding hydrogens is 380 g/mol. The first kappa shape index (κ1) is 16.6. The zero-order chi connectivity index (χ0) is 18.4. The summed E-state index contributed by atoms with van der Waals surface area (Å²) in [4.78, 5) is 13.0. The number of thioether (sulfide) groups is 1. The molecule has 4 aromatic rings. The Kier molecular flexibility index (Phi) is 4.02. The lowest BCUT2D eigenvalue weighted by atomic mass is 10.1. The summed E-state index contributed by atoms with van der Waals surface area (Å²) in [7, 11) is 0. The zero-order valence-corrected chi connectivity index (χ0v) is 15.9. The second-order valence-corrected chi connectivity index (χ2v) is 7.89. The SMILES string of the molecule is O=c1c2c(n(-c3cccc(Cl)c3)c3c1nnn3Cc1ccccc1)CSC2. The fourth-order valence-electron chi connectivity index (χ4n) is 3.52. The molecule has 5 nitrogen and oxygen atoms in total. The molecule has 0 aliphatic carbocycles. The number of hydrogen-bond acceptors (Lipinski definition) is 4. The molecule has 0 amide bonds. The van der Waals surface area contributed by atoms with Crippen molar-refractivity contribution in [2.45, 2.75) is 18.1 Å². The Morgan fingerprint density at radius 1 is 1.07 bits per heavy atom. The summed E-state index contributed by atoms with van der Waals surface area (Å²) in [6.07, 6.45) is 0. The number of nitrogens with zero attached hydrogens (tertiary/aromatic N) is 4. The largest absolute Gasteiger partial charge is 0.296 e. The Hall–Kier alpha value is -2.57. The predicted molar refractivity (Wildman–Crippen MR) is 109 cm³/mol. The lowest BCUT2D eigenvalue weighted by Gasteiger charge is -2.16. The summed E-state index contributed by atoms with van der Waals surface area (Å²) in [5.74, 6) is 1.49. The molecule has 0 fully saturated rings. The molecule has 0 unspecified atom stereocenters. The maximum absolute atomic E-state index is 13.0. The summed E-state index contributed by atoms with van der Waals surface area (Å²) in [6, 6.07) is 17.7. The normalized spacial score (nSPS) is 13.2. The maximum Gasteiger partial charge on any atom is 0.215 e. The van der Waals surface area contributed by atoms with E-state index in [1.54, 1.807) is 16.4 Å². The number of benzene rings is 2. The van der Waals surface area contributed by atoms with Crippen molar-refractivity contribution in [2.75, 3.05) is 0 Å². The molecule has 0 N–H and O–H groups in total. The molecule has 0 saturated heterocycles. The van der Waals surface area contributed by atoms with Gasteiger partial charge in [-0.15, -0.1) is 5.10 Å². The highest BCUT2D eigenvalue weighted by Crippen LogP contribution is 2.32. The van der Waals surface area contributed by atoms with Crippen molar-refractivity contribution in [3.8, 4) is 5.69 Å². The first-order chi connectivity index (χ1) is 13.2. The van der Waals surface area contributed by atoms with Gasteiger partial charge in [0.1, 0.15) is 0 Å². The highest BCUT2D eigenvalue weighted by atomic mass is 35.5. The van der Waals surface area contributed by atoms with Gasteiger partial charge in [0, 0.05) is 33.5 Å². The average Bonchev–Trinajstić information content (AvgIpc) is 3.32. The highest BCUT2D eigenvalue weighted by molar-refractivity contribution is 7.98. The fraction of sp³-hybridized carbons (Fsp3) is 0.150. The average molecular weight is 395 g/mol. The van der Waals surface area contributed by atoms with Gasteiger partial charge in [-0.25, -0.2) is 4.68 Å². The molecule has 0 radical (unpaired) electrons. The number of fused-ring (bicyclic) bond motifs is 2. The van der Waals surface area contributed by atoms with Crippen LogP contribution in [0.3, 0.4) is 0 Å². The van der Waals surface area contributed by atoms with Crippen LogP contribution in [-0.4, -0.2) is 19.6 Å². The van der Waals surface area contributed by atoms with E-state index in [1.165, 1.54) is 0 Å². The Bertz CT molecular complexity index is 1220. The van der Waals surface area contributed by atoms with E-state index in [2.05, 4.69) is 14.9 Å². The van der Waals surface area contributed by atoms with Crippen LogP contribution in [0.1, 0.15) is 16.8 Å². The molecule has 0 saturated carbocycles. The van der Waals surface area contributed by atoms with Crippen LogP contribution in [0, 0.1) is 0 Å². The molecule has 2 aromatic heterocycles. The topological polar surface area (TPSA) is 52.7 Å². The molecule has 7 heteroatoms. The van der Waals surface area contributed by atoms with E-state index in [0.29, 0.717) is 28.5 Å². The summed E-state index contributed by atoms with van der Waals surface area (Å²) >= 11 is 8.00. The predicted octanol–water partition coefficient (Wildman–Crippen LogP) is 4.03. The summed E-state index contributed by atoms with van der Waals surface area (Å²) in [5.41, 5.74) is 4.96. The molecule has 1 aliphatic heterocycles. The van der Waals surface area contributed by atoms with Crippen molar-refractivity contribution in [3.05, 3.63) is 86.7 Å². The Morgan fingerprint density at radius 2 is 1.93 bits per heavy atom. The van der Waals surface area contributed by atoms with Crippen LogP contribution in [0.5, 0.6) is 0 Å². The van der Waals surface area contributed by atoms with E-state index < -0.39 is 0 Å². The molecule has 0 spiro atoms. The van der Waals surface area contributed by atoms with Gasteiger partial charge >= 0.3 is 0 Å². The van der Waals surface area contributed by atoms with Crippen molar-refractivity contribution >= 4 is 34.5 Å². The van der Waals surface area contributed by atoms with Gasteiger partial charge in [-0.1, -0.05) is 53.2 Å². The smallest absolute Gasteiger partial charge is 0.215 e. The van der Waals surface area contributed by atoms with Crippen LogP contribution < -0.4 is 5.43 Å². The lowest BCUT2D eigenvalue weighted by molar-refractivity contribution is 0.657. The molecular formula is C20H15ClN4OS. The summed E-state index contributed by atoms with van der Waals surface area (Å²) < 4.78 is 3.90. The first-order valence-corrected chi connectivity index (χ1v) is 10.1. The molecule has 134 valence electrons. The van der Waals surface area contributed by atoms with E-state index >= 15 is 0 Å². The third kappa shape index (κ3) is 2.76. The van der Waals surface area contributed by atoms with E-state index in [9.17, 15) is 4.79 Å². The quantitative estimate of drug-likeness (QED) is 0.526. The minimum Gasteiger partial charge on any atom is -0.296 e. The number of halogens is 1. The molecule has 2 aromatic carbocycles. The van der Waals surface area contributed by atoms with Crippen LogP contribution in [0.2, 0.25) is 5.02 Å². The molecule has 0 bridgehead atoms. The third-order valence-electron chi connectivity index (χ3n) is 4.75. The number of aromatic nitrogens is 4. The summed E-state index contributed by atoms with van der Waals surface area (Å²) in [6.45, 7) is 0.545. The van der Waals surface area contributed by atoms with Gasteiger partial charge in [0.2, 0.25) is 5.43 Å². The monoisotopic (exact) mass is 394 g/mol. The van der Waals surface area contributed by atoms with Crippen LogP contribution in [0.25, 0.3) is 16.9 Å². The van der Waals surface area contributed by atoms with Crippen molar-refractivity contribution in [3.63, 3.8) is 0 Å². The van der Waals surface area contributed by atoms with Crippen LogP contribution >= 0.6 is 23.4 Å². The van der Waals surface area contributed by atoms with Crippen molar-refractivity contribution in [1.82, 2.24) is 19.6 Å². The van der Waals surface area contributed by atoms with E-state index in [-0.39, 0.29) is 5.43 Å². The van der Waals surface area contributed by atoms with Gasteiger partial charge in [0.25, 0.3) is 0 Å². The van der Waals surface area contributed by atoms with E-state index in [0.717, 1.165) is 28.3 Å². The lowest BCUT2D eigenvalue weighted by Crippen LogP contribution is -2.18. The Morgan fingerprint density at radius 3 is 2.74 bits per heavy atom. The molecule has 5 rings (SSSR count). The Balaban J connectivity index is 1.82. The fourth-order valence-corrected chi connectivity index (χ4v) is 4.80. The van der Waals surface area contributed by atoms with Gasteiger partial charge in [-0.05, 0) is 23.8 Å². The molecule has 27 heavy (non-hydrogen) atoms. The zero-order valence-electron chi connectivity index (χ0n) is 14.3. The van der Waals surface area contributed by atoms with Gasteiger partial charge in [-0.2, -0.15) is 11.8 Å². The van der Waals surface area contributed by atoms with Crippen molar-refractivity contribution in [1.29, 1.82) is 0 Å². The third-order valence-corrected chi connectivity index (χ3v) is 5.96. The minimum absolute atomic E-state index is 0.0115. The van der Waals surface area contributed by atoms with Crippen LogP contribution in [0.4, 0.5) is 0 Å². The second kappa shape index (κ2) is 6.55. The molecule has 1 aliphatic rings.